The first-order valence-corrected chi connectivity index (χ1v) is 10.0. The molecule has 4 rings (SSSR count). The Morgan fingerprint density at radius 3 is 2.57 bits per heavy atom. The van der Waals surface area contributed by atoms with Crippen molar-refractivity contribution in [3.63, 3.8) is 0 Å². The number of nitrogens with zero attached hydrogens (tertiary/aromatic N) is 4. The first kappa shape index (κ1) is 20.1. The lowest BCUT2D eigenvalue weighted by atomic mass is 10.1. The van der Waals surface area contributed by atoms with Crippen LogP contribution in [0.1, 0.15) is 13.8 Å². The van der Waals surface area contributed by atoms with E-state index >= 15 is 0 Å². The Morgan fingerprint density at radius 1 is 1.20 bits per heavy atom. The number of nitrogens with one attached hydrogen (secondary N) is 3. The van der Waals surface area contributed by atoms with Gasteiger partial charge in [-0.1, -0.05) is 11.6 Å². The van der Waals surface area contributed by atoms with Crippen LogP contribution in [-0.2, 0) is 0 Å². The third-order valence-corrected chi connectivity index (χ3v) is 5.10. The second-order valence-electron chi connectivity index (χ2n) is 7.46. The lowest BCUT2D eigenvalue weighted by Gasteiger charge is -2.37. The molecule has 0 radical (unpaired) electrons. The second kappa shape index (κ2) is 8.29. The molecule has 0 spiro atoms. The highest BCUT2D eigenvalue weighted by atomic mass is 35.5. The lowest BCUT2D eigenvalue weighted by Crippen LogP contribution is -2.54. The number of carbonyl (C=O) groups excluding carboxylic acids is 1. The number of hydrogen-bond donors (Lipinski definition) is 4. The molecule has 9 nitrogen and oxygen atoms in total. The molecule has 156 valence electrons. The first-order chi connectivity index (χ1) is 14.4. The highest BCUT2D eigenvalue weighted by Crippen LogP contribution is 2.25. The molecule has 10 heteroatoms. The molecule has 2 unspecified atom stereocenters. The predicted octanol–water partition coefficient (Wildman–Crippen LogP) is 3.10. The molecule has 1 fully saturated rings. The minimum Gasteiger partial charge on any atom is -0.368 e. The minimum absolute atomic E-state index is 0.158. The van der Waals surface area contributed by atoms with Crippen LogP contribution in [0, 0.1) is 0 Å². The summed E-state index contributed by atoms with van der Waals surface area (Å²) in [6.07, 6.45) is 1.62. The molecule has 0 saturated carbocycles. The van der Waals surface area contributed by atoms with E-state index in [0.717, 1.165) is 18.8 Å². The molecule has 2 amide bonds. The van der Waals surface area contributed by atoms with Gasteiger partial charge in [-0.25, -0.2) is 14.8 Å². The largest absolute Gasteiger partial charge is 0.368 e. The Hall–Kier alpha value is -3.17. The molecule has 2 atom stereocenters. The van der Waals surface area contributed by atoms with Crippen molar-refractivity contribution in [1.82, 2.24) is 20.3 Å². The van der Waals surface area contributed by atoms with Gasteiger partial charge < -0.3 is 21.3 Å². The van der Waals surface area contributed by atoms with Gasteiger partial charge in [0.05, 0.1) is 5.02 Å². The number of nitrogens with two attached hydrogens (primary N) is 1. The van der Waals surface area contributed by atoms with Gasteiger partial charge in [0.2, 0.25) is 5.95 Å². The summed E-state index contributed by atoms with van der Waals surface area (Å²) >= 11 is 6.10. The third-order valence-electron chi connectivity index (χ3n) is 4.81. The predicted molar refractivity (Wildman–Crippen MR) is 120 cm³/mol. The summed E-state index contributed by atoms with van der Waals surface area (Å²) in [4.78, 5) is 26.5. The van der Waals surface area contributed by atoms with Gasteiger partial charge in [-0.3, -0.25) is 5.32 Å². The fourth-order valence-corrected chi connectivity index (χ4v) is 3.83. The molecule has 1 aromatic carbocycles. The van der Waals surface area contributed by atoms with Crippen LogP contribution in [0.2, 0.25) is 5.02 Å². The standard InChI is InChI=1S/C20H23ClN8O/c1-11-9-29(10-12(2)24-11)15-5-3-14(4-6-15)25-20-23-8-13-7-16(21)18(27-19(22)30)26-17(13)28-20/h3-8,11-12,24H,9-10H2,1-2H3,(H4,22,23,25,26,27,28,30). The third kappa shape index (κ3) is 4.52. The van der Waals surface area contributed by atoms with E-state index in [1.807, 2.05) is 12.1 Å². The van der Waals surface area contributed by atoms with Gasteiger partial charge >= 0.3 is 6.03 Å². The molecule has 1 saturated heterocycles. The Kier molecular flexibility index (Phi) is 5.56. The Morgan fingerprint density at radius 2 is 1.90 bits per heavy atom. The number of urea groups is 1. The zero-order valence-electron chi connectivity index (χ0n) is 16.7. The van der Waals surface area contributed by atoms with Crippen LogP contribution in [0.15, 0.2) is 36.5 Å². The van der Waals surface area contributed by atoms with E-state index in [4.69, 9.17) is 17.3 Å². The van der Waals surface area contributed by atoms with Crippen LogP contribution in [-0.4, -0.2) is 46.2 Å². The van der Waals surface area contributed by atoms with Crippen LogP contribution >= 0.6 is 11.6 Å². The van der Waals surface area contributed by atoms with E-state index in [2.05, 4.69) is 61.8 Å². The number of fused-ring (bicyclic) bond motifs is 1. The summed E-state index contributed by atoms with van der Waals surface area (Å²) < 4.78 is 0. The van der Waals surface area contributed by atoms with Gasteiger partial charge in [0, 0.05) is 48.1 Å². The highest BCUT2D eigenvalue weighted by Gasteiger charge is 2.21. The van der Waals surface area contributed by atoms with Crippen molar-refractivity contribution in [1.29, 1.82) is 0 Å². The molecular formula is C20H23ClN8O. The van der Waals surface area contributed by atoms with Crippen LogP contribution in [0.3, 0.4) is 0 Å². The van der Waals surface area contributed by atoms with Crippen molar-refractivity contribution in [3.8, 4) is 0 Å². The number of primary amides is 1. The van der Waals surface area contributed by atoms with Gasteiger partial charge in [0.25, 0.3) is 0 Å². The van der Waals surface area contributed by atoms with Gasteiger partial charge in [-0.15, -0.1) is 0 Å². The zero-order chi connectivity index (χ0) is 21.3. The molecule has 30 heavy (non-hydrogen) atoms. The van der Waals surface area contributed by atoms with E-state index < -0.39 is 6.03 Å². The van der Waals surface area contributed by atoms with Crippen LogP contribution < -0.4 is 26.6 Å². The molecule has 5 N–H and O–H groups in total. The summed E-state index contributed by atoms with van der Waals surface area (Å²) in [5, 5.41) is 10.0. The normalized spacial score (nSPS) is 19.0. The number of amides is 2. The maximum atomic E-state index is 11.1. The van der Waals surface area contributed by atoms with Crippen molar-refractivity contribution in [2.45, 2.75) is 25.9 Å². The number of halogens is 1. The summed E-state index contributed by atoms with van der Waals surface area (Å²) in [7, 11) is 0. The van der Waals surface area contributed by atoms with Gasteiger partial charge in [-0.2, -0.15) is 4.98 Å². The fourth-order valence-electron chi connectivity index (χ4n) is 3.62. The van der Waals surface area contributed by atoms with Crippen molar-refractivity contribution in [2.75, 3.05) is 28.6 Å². The molecule has 0 aliphatic carbocycles. The minimum atomic E-state index is -0.746. The molecular weight excluding hydrogens is 404 g/mol. The smallest absolute Gasteiger partial charge is 0.317 e. The van der Waals surface area contributed by atoms with Crippen molar-refractivity contribution >= 4 is 51.8 Å². The van der Waals surface area contributed by atoms with Gasteiger partial charge in [0.1, 0.15) is 0 Å². The maximum Gasteiger partial charge on any atom is 0.317 e. The number of hydrogen-bond acceptors (Lipinski definition) is 7. The Bertz CT molecular complexity index is 1060. The first-order valence-electron chi connectivity index (χ1n) is 9.65. The molecule has 1 aliphatic heterocycles. The van der Waals surface area contributed by atoms with E-state index in [0.29, 0.717) is 29.1 Å². The number of piperazine rings is 1. The number of benzene rings is 1. The number of rotatable bonds is 4. The SMILES string of the molecule is CC1CN(c2ccc(Nc3ncc4cc(Cl)c(NC(N)=O)nc4n3)cc2)CC(C)N1. The molecule has 0 bridgehead atoms. The number of aromatic nitrogens is 3. The maximum absolute atomic E-state index is 11.1. The number of anilines is 4. The molecule has 1 aliphatic rings. The van der Waals surface area contributed by atoms with Gasteiger partial charge in [-0.05, 0) is 44.2 Å². The monoisotopic (exact) mass is 426 g/mol. The van der Waals surface area contributed by atoms with Gasteiger partial charge in [0.15, 0.2) is 11.5 Å². The van der Waals surface area contributed by atoms with Crippen molar-refractivity contribution in [2.24, 2.45) is 5.73 Å². The summed E-state index contributed by atoms with van der Waals surface area (Å²) in [5.41, 5.74) is 7.58. The van der Waals surface area contributed by atoms with Crippen LogP contribution in [0.5, 0.6) is 0 Å². The lowest BCUT2D eigenvalue weighted by molar-refractivity contribution is 0.259. The highest BCUT2D eigenvalue weighted by molar-refractivity contribution is 6.34. The Labute approximate surface area is 179 Å². The zero-order valence-corrected chi connectivity index (χ0v) is 17.4. The molecule has 2 aromatic heterocycles. The van der Waals surface area contributed by atoms with Crippen LogP contribution in [0.4, 0.5) is 27.9 Å². The fraction of sp³-hybridized carbons (Fsp3) is 0.300. The quantitative estimate of drug-likeness (QED) is 0.505. The Balaban J connectivity index is 1.52. The topological polar surface area (TPSA) is 121 Å². The van der Waals surface area contributed by atoms with E-state index in [1.54, 1.807) is 12.3 Å². The van der Waals surface area contributed by atoms with E-state index in [9.17, 15) is 4.79 Å². The summed E-state index contributed by atoms with van der Waals surface area (Å²) in [6.45, 7) is 6.34. The van der Waals surface area contributed by atoms with Crippen molar-refractivity contribution < 1.29 is 4.79 Å². The molecule has 3 heterocycles. The van der Waals surface area contributed by atoms with E-state index in [-0.39, 0.29) is 10.8 Å². The average Bonchev–Trinajstić information content (AvgIpc) is 2.68. The summed E-state index contributed by atoms with van der Waals surface area (Å²) in [5.74, 6) is 0.546. The van der Waals surface area contributed by atoms with Crippen molar-refractivity contribution in [3.05, 3.63) is 41.6 Å². The van der Waals surface area contributed by atoms with Crippen LogP contribution in [0.25, 0.3) is 11.0 Å². The van der Waals surface area contributed by atoms with E-state index in [1.165, 1.54) is 5.69 Å². The molecule has 3 aromatic rings. The average molecular weight is 427 g/mol. The summed E-state index contributed by atoms with van der Waals surface area (Å²) in [6, 6.07) is 9.95. The second-order valence-corrected chi connectivity index (χ2v) is 7.87. The number of carbonyl (C=O) groups is 1. The number of pyridine rings is 1.